The van der Waals surface area contributed by atoms with Crippen molar-refractivity contribution >= 4 is 11.8 Å². The fraction of sp³-hybridized carbons (Fsp3) is 0.381. The summed E-state index contributed by atoms with van der Waals surface area (Å²) in [5, 5.41) is 0. The van der Waals surface area contributed by atoms with Crippen LogP contribution >= 0.6 is 0 Å². The molecule has 1 aromatic heterocycles. The molecule has 2 amide bonds. The molecule has 1 saturated heterocycles. The van der Waals surface area contributed by atoms with Crippen molar-refractivity contribution in [2.75, 3.05) is 40.4 Å². The monoisotopic (exact) mass is 437 g/mol. The van der Waals surface area contributed by atoms with E-state index in [0.29, 0.717) is 17.1 Å². The van der Waals surface area contributed by atoms with E-state index in [4.69, 9.17) is 9.47 Å². The number of hydrogen-bond donors (Lipinski definition) is 0. The van der Waals surface area contributed by atoms with Crippen molar-refractivity contribution in [3.05, 3.63) is 52.8 Å². The molecule has 3 rings (SSSR count). The molecule has 0 aliphatic carbocycles. The third-order valence-corrected chi connectivity index (χ3v) is 5.06. The standard InChI is InChI=1S/C21H22F3N3O4/c1-13-17(4-5-18(25-13)21(22,23)24)20(29)27-8-6-26(7-9-27)19(28)14-10-15(30-2)12-16(11-14)31-3/h4-5,10-12H,6-9H2,1-3H3. The highest BCUT2D eigenvalue weighted by Gasteiger charge is 2.34. The first-order valence-electron chi connectivity index (χ1n) is 9.50. The van der Waals surface area contributed by atoms with Gasteiger partial charge < -0.3 is 19.3 Å². The molecule has 1 aliphatic rings. The zero-order valence-electron chi connectivity index (χ0n) is 17.3. The third kappa shape index (κ3) is 4.89. The minimum absolute atomic E-state index is 0.0156. The normalized spacial score (nSPS) is 14.4. The van der Waals surface area contributed by atoms with Gasteiger partial charge >= 0.3 is 6.18 Å². The van der Waals surface area contributed by atoms with E-state index in [1.165, 1.54) is 26.0 Å². The van der Waals surface area contributed by atoms with Crippen molar-refractivity contribution in [2.24, 2.45) is 0 Å². The summed E-state index contributed by atoms with van der Waals surface area (Å²) >= 11 is 0. The summed E-state index contributed by atoms with van der Waals surface area (Å²) in [4.78, 5) is 32.3. The van der Waals surface area contributed by atoms with Gasteiger partial charge in [0.05, 0.1) is 25.5 Å². The highest BCUT2D eigenvalue weighted by Crippen LogP contribution is 2.28. The largest absolute Gasteiger partial charge is 0.497 e. The van der Waals surface area contributed by atoms with Crippen LogP contribution in [-0.4, -0.2) is 67.0 Å². The Morgan fingerprint density at radius 1 is 0.903 bits per heavy atom. The molecule has 0 N–H and O–H groups in total. The van der Waals surface area contributed by atoms with E-state index in [1.54, 1.807) is 23.1 Å². The zero-order chi connectivity index (χ0) is 22.8. The number of nitrogens with zero attached hydrogens (tertiary/aromatic N) is 3. The molecule has 1 aromatic carbocycles. The Labute approximate surface area is 177 Å². The Balaban J connectivity index is 1.68. The second-order valence-corrected chi connectivity index (χ2v) is 7.01. The maximum absolute atomic E-state index is 12.9. The molecule has 0 radical (unpaired) electrons. The summed E-state index contributed by atoms with van der Waals surface area (Å²) in [5.41, 5.74) is -0.503. The van der Waals surface area contributed by atoms with Crippen molar-refractivity contribution in [3.63, 3.8) is 0 Å². The van der Waals surface area contributed by atoms with Crippen LogP contribution in [0.3, 0.4) is 0 Å². The van der Waals surface area contributed by atoms with Crippen molar-refractivity contribution in [1.82, 2.24) is 14.8 Å². The Morgan fingerprint density at radius 2 is 1.42 bits per heavy atom. The van der Waals surface area contributed by atoms with Gasteiger partial charge in [0, 0.05) is 37.8 Å². The van der Waals surface area contributed by atoms with Crippen molar-refractivity contribution in [3.8, 4) is 11.5 Å². The van der Waals surface area contributed by atoms with Crippen LogP contribution in [0.4, 0.5) is 13.2 Å². The number of aromatic nitrogens is 1. The average molecular weight is 437 g/mol. The van der Waals surface area contributed by atoms with Crippen LogP contribution < -0.4 is 9.47 Å². The van der Waals surface area contributed by atoms with Crippen LogP contribution in [-0.2, 0) is 6.18 Å². The van der Waals surface area contributed by atoms with Crippen molar-refractivity contribution in [2.45, 2.75) is 13.1 Å². The van der Waals surface area contributed by atoms with Crippen LogP contribution in [0.5, 0.6) is 11.5 Å². The van der Waals surface area contributed by atoms with E-state index in [-0.39, 0.29) is 43.3 Å². The first-order chi connectivity index (χ1) is 14.6. The summed E-state index contributed by atoms with van der Waals surface area (Å²) in [6.07, 6.45) is -4.57. The van der Waals surface area contributed by atoms with E-state index in [9.17, 15) is 22.8 Å². The van der Waals surface area contributed by atoms with Crippen LogP contribution in [0.2, 0.25) is 0 Å². The molecule has 7 nitrogen and oxygen atoms in total. The van der Waals surface area contributed by atoms with Gasteiger partial charge in [-0.1, -0.05) is 0 Å². The molecule has 1 aliphatic heterocycles. The number of benzene rings is 1. The quantitative estimate of drug-likeness (QED) is 0.736. The molecular formula is C21H22F3N3O4. The second kappa shape index (κ2) is 8.83. The van der Waals surface area contributed by atoms with Crippen molar-refractivity contribution in [1.29, 1.82) is 0 Å². The van der Waals surface area contributed by atoms with Gasteiger partial charge in [0.1, 0.15) is 17.2 Å². The zero-order valence-corrected chi connectivity index (χ0v) is 17.3. The lowest BCUT2D eigenvalue weighted by molar-refractivity contribution is -0.141. The van der Waals surface area contributed by atoms with Gasteiger partial charge in [-0.2, -0.15) is 13.2 Å². The minimum atomic E-state index is -4.57. The molecule has 0 unspecified atom stereocenters. The van der Waals surface area contributed by atoms with E-state index in [1.807, 2.05) is 0 Å². The fourth-order valence-corrected chi connectivity index (χ4v) is 3.34. The van der Waals surface area contributed by atoms with E-state index in [2.05, 4.69) is 4.98 Å². The molecule has 10 heteroatoms. The predicted molar refractivity (Wildman–Crippen MR) is 105 cm³/mol. The lowest BCUT2D eigenvalue weighted by Crippen LogP contribution is -2.50. The number of amides is 2. The number of alkyl halides is 3. The van der Waals surface area contributed by atoms with Crippen molar-refractivity contribution < 1.29 is 32.2 Å². The number of methoxy groups -OCH3 is 2. The second-order valence-electron chi connectivity index (χ2n) is 7.01. The first-order valence-corrected chi connectivity index (χ1v) is 9.50. The van der Waals surface area contributed by atoms with Gasteiger partial charge in [0.25, 0.3) is 11.8 Å². The maximum Gasteiger partial charge on any atom is 0.433 e. The van der Waals surface area contributed by atoms with E-state index >= 15 is 0 Å². The Hall–Kier alpha value is -3.30. The van der Waals surface area contributed by atoms with E-state index < -0.39 is 17.8 Å². The Morgan fingerprint density at radius 3 is 1.87 bits per heavy atom. The lowest BCUT2D eigenvalue weighted by atomic mass is 10.1. The SMILES string of the molecule is COc1cc(OC)cc(C(=O)N2CCN(C(=O)c3ccc(C(F)(F)F)nc3C)CC2)c1. The topological polar surface area (TPSA) is 72.0 Å². The molecule has 1 fully saturated rings. The number of halogens is 3. The molecule has 0 bridgehead atoms. The smallest absolute Gasteiger partial charge is 0.433 e. The molecule has 166 valence electrons. The molecule has 2 heterocycles. The van der Waals surface area contributed by atoms with Crippen LogP contribution in [0.15, 0.2) is 30.3 Å². The Kier molecular flexibility index (Phi) is 6.37. The highest BCUT2D eigenvalue weighted by atomic mass is 19.4. The predicted octanol–water partition coefficient (Wildman–Crippen LogP) is 3.02. The summed E-state index contributed by atoms with van der Waals surface area (Å²) in [6.45, 7) is 2.46. The number of rotatable bonds is 4. The fourth-order valence-electron chi connectivity index (χ4n) is 3.34. The first kappa shape index (κ1) is 22.4. The molecule has 31 heavy (non-hydrogen) atoms. The summed E-state index contributed by atoms with van der Waals surface area (Å²) in [5.74, 6) is 0.342. The number of piperazine rings is 1. The molecule has 0 atom stereocenters. The number of pyridine rings is 1. The maximum atomic E-state index is 12.9. The van der Waals surface area contributed by atoms with Gasteiger partial charge in [-0.15, -0.1) is 0 Å². The molecule has 0 spiro atoms. The van der Waals surface area contributed by atoms with Gasteiger partial charge in [0.2, 0.25) is 0 Å². The minimum Gasteiger partial charge on any atom is -0.497 e. The number of ether oxygens (including phenoxy) is 2. The number of hydrogen-bond acceptors (Lipinski definition) is 5. The Bertz CT molecular complexity index is 964. The van der Waals surface area contributed by atoms with Crippen LogP contribution in [0, 0.1) is 6.92 Å². The van der Waals surface area contributed by atoms with Gasteiger partial charge in [-0.05, 0) is 31.2 Å². The summed E-state index contributed by atoms with van der Waals surface area (Å²) in [6, 6.07) is 6.83. The summed E-state index contributed by atoms with van der Waals surface area (Å²) < 4.78 is 48.8. The average Bonchev–Trinajstić information content (AvgIpc) is 2.77. The third-order valence-electron chi connectivity index (χ3n) is 5.06. The number of carbonyl (C=O) groups is 2. The summed E-state index contributed by atoms with van der Waals surface area (Å²) in [7, 11) is 2.98. The molecule has 2 aromatic rings. The molecule has 0 saturated carbocycles. The number of aryl methyl sites for hydroxylation is 1. The van der Waals surface area contributed by atoms with Gasteiger partial charge in [-0.3, -0.25) is 9.59 Å². The highest BCUT2D eigenvalue weighted by molar-refractivity contribution is 5.97. The number of carbonyl (C=O) groups excluding carboxylic acids is 2. The molecular weight excluding hydrogens is 415 g/mol. The van der Waals surface area contributed by atoms with E-state index in [0.717, 1.165) is 12.1 Å². The van der Waals surface area contributed by atoms with Gasteiger partial charge in [-0.25, -0.2) is 4.98 Å². The van der Waals surface area contributed by atoms with Crippen LogP contribution in [0.1, 0.15) is 32.1 Å². The van der Waals surface area contributed by atoms with Crippen LogP contribution in [0.25, 0.3) is 0 Å². The van der Waals surface area contributed by atoms with Gasteiger partial charge in [0.15, 0.2) is 0 Å². The lowest BCUT2D eigenvalue weighted by Gasteiger charge is -2.35.